The molecule has 3 N–H and O–H groups in total. The monoisotopic (exact) mass is 390 g/mol. The van der Waals surface area contributed by atoms with Gasteiger partial charge < -0.3 is 20.5 Å². The predicted molar refractivity (Wildman–Crippen MR) is 111 cm³/mol. The molecule has 2 amide bonds. The van der Waals surface area contributed by atoms with Gasteiger partial charge in [0.25, 0.3) is 5.91 Å². The Labute approximate surface area is 169 Å². The van der Waals surface area contributed by atoms with Crippen LogP contribution in [0.5, 0.6) is 11.5 Å². The summed E-state index contributed by atoms with van der Waals surface area (Å²) in [5.74, 6) is -0.255. The minimum Gasteiger partial charge on any atom is -0.504 e. The Morgan fingerprint density at radius 1 is 0.897 bits per heavy atom. The molecular weight excluding hydrogens is 368 g/mol. The molecule has 0 atom stereocenters. The lowest BCUT2D eigenvalue weighted by Crippen LogP contribution is -2.36. The van der Waals surface area contributed by atoms with E-state index in [-0.39, 0.29) is 30.7 Å². The molecule has 6 nitrogen and oxygen atoms in total. The van der Waals surface area contributed by atoms with Gasteiger partial charge in [0.15, 0.2) is 11.5 Å². The van der Waals surface area contributed by atoms with Crippen LogP contribution in [0.25, 0.3) is 11.1 Å². The summed E-state index contributed by atoms with van der Waals surface area (Å²) in [5.41, 5.74) is 3.35. The Morgan fingerprint density at radius 2 is 1.59 bits per heavy atom. The first kappa shape index (κ1) is 19.9. The Morgan fingerprint density at radius 3 is 2.28 bits per heavy atom. The molecule has 0 fully saturated rings. The molecule has 6 heteroatoms. The van der Waals surface area contributed by atoms with Gasteiger partial charge in [-0.25, -0.2) is 0 Å². The SMILES string of the molecule is COc1cc(CNC(=O)CNC(=O)c2ccc(-c3ccccc3)cc2)ccc1O. The van der Waals surface area contributed by atoms with E-state index in [9.17, 15) is 14.7 Å². The largest absolute Gasteiger partial charge is 0.504 e. The second-order valence-electron chi connectivity index (χ2n) is 6.41. The molecule has 148 valence electrons. The van der Waals surface area contributed by atoms with Gasteiger partial charge in [0.2, 0.25) is 5.91 Å². The molecule has 3 aromatic rings. The molecule has 0 unspecified atom stereocenters. The van der Waals surface area contributed by atoms with Crippen molar-refractivity contribution in [1.29, 1.82) is 0 Å². The molecule has 0 spiro atoms. The zero-order valence-corrected chi connectivity index (χ0v) is 16.0. The van der Waals surface area contributed by atoms with Crippen LogP contribution in [-0.4, -0.2) is 30.6 Å². The topological polar surface area (TPSA) is 87.7 Å². The number of benzene rings is 3. The number of phenolic OH excluding ortho intramolecular Hbond substituents is 1. The average Bonchev–Trinajstić information content (AvgIpc) is 2.77. The Hall–Kier alpha value is -3.80. The minimum atomic E-state index is -0.314. The van der Waals surface area contributed by atoms with Crippen LogP contribution in [0.3, 0.4) is 0 Å². The lowest BCUT2D eigenvalue weighted by Gasteiger charge is -2.09. The van der Waals surface area contributed by atoms with Crippen LogP contribution < -0.4 is 15.4 Å². The Bertz CT molecular complexity index is 986. The van der Waals surface area contributed by atoms with Gasteiger partial charge in [-0.2, -0.15) is 0 Å². The summed E-state index contributed by atoms with van der Waals surface area (Å²) in [6.07, 6.45) is 0. The lowest BCUT2D eigenvalue weighted by molar-refractivity contribution is -0.120. The third-order valence-electron chi connectivity index (χ3n) is 4.40. The van der Waals surface area contributed by atoms with E-state index in [2.05, 4.69) is 10.6 Å². The maximum Gasteiger partial charge on any atom is 0.251 e. The number of carbonyl (C=O) groups is 2. The zero-order chi connectivity index (χ0) is 20.6. The van der Waals surface area contributed by atoms with E-state index in [0.29, 0.717) is 11.3 Å². The van der Waals surface area contributed by atoms with E-state index in [1.807, 2.05) is 42.5 Å². The van der Waals surface area contributed by atoms with Crippen LogP contribution in [0.4, 0.5) is 0 Å². The van der Waals surface area contributed by atoms with E-state index in [4.69, 9.17) is 4.74 Å². The van der Waals surface area contributed by atoms with Gasteiger partial charge >= 0.3 is 0 Å². The average molecular weight is 390 g/mol. The van der Waals surface area contributed by atoms with Crippen molar-refractivity contribution in [3.05, 3.63) is 83.9 Å². The number of hydrogen-bond donors (Lipinski definition) is 3. The van der Waals surface area contributed by atoms with Gasteiger partial charge in [0.05, 0.1) is 13.7 Å². The quantitative estimate of drug-likeness (QED) is 0.578. The van der Waals surface area contributed by atoms with Gasteiger partial charge in [0.1, 0.15) is 0 Å². The molecule has 3 aromatic carbocycles. The number of aromatic hydroxyl groups is 1. The van der Waals surface area contributed by atoms with Crippen LogP contribution in [0.15, 0.2) is 72.8 Å². The summed E-state index contributed by atoms with van der Waals surface area (Å²) in [5, 5.41) is 14.9. The van der Waals surface area contributed by atoms with Crippen molar-refractivity contribution in [3.63, 3.8) is 0 Å². The first-order chi connectivity index (χ1) is 14.1. The van der Waals surface area contributed by atoms with Gasteiger partial charge in [0, 0.05) is 12.1 Å². The van der Waals surface area contributed by atoms with Crippen LogP contribution in [0.1, 0.15) is 15.9 Å². The number of phenols is 1. The number of carbonyl (C=O) groups excluding carboxylic acids is 2. The number of hydrogen-bond acceptors (Lipinski definition) is 4. The number of rotatable bonds is 7. The summed E-state index contributed by atoms with van der Waals surface area (Å²) in [7, 11) is 1.46. The van der Waals surface area contributed by atoms with E-state index in [1.165, 1.54) is 13.2 Å². The summed E-state index contributed by atoms with van der Waals surface area (Å²) < 4.78 is 5.04. The smallest absolute Gasteiger partial charge is 0.251 e. The standard InChI is InChI=1S/C23H22N2O4/c1-29-21-13-16(7-12-20(21)26)14-24-22(27)15-25-23(28)19-10-8-18(9-11-19)17-5-3-2-4-6-17/h2-13,26H,14-15H2,1H3,(H,24,27)(H,25,28). The normalized spacial score (nSPS) is 10.2. The highest BCUT2D eigenvalue weighted by atomic mass is 16.5. The van der Waals surface area contributed by atoms with Gasteiger partial charge in [-0.05, 0) is 41.0 Å². The fourth-order valence-corrected chi connectivity index (χ4v) is 2.80. The maximum atomic E-state index is 12.3. The Balaban J connectivity index is 1.49. The summed E-state index contributed by atoms with van der Waals surface area (Å²) in [6.45, 7) is 0.131. The van der Waals surface area contributed by atoms with Crippen LogP contribution in [-0.2, 0) is 11.3 Å². The molecule has 0 aliphatic rings. The maximum absolute atomic E-state index is 12.3. The lowest BCUT2D eigenvalue weighted by atomic mass is 10.0. The van der Waals surface area contributed by atoms with Crippen molar-refractivity contribution in [3.8, 4) is 22.6 Å². The van der Waals surface area contributed by atoms with E-state index in [0.717, 1.165) is 16.7 Å². The molecule has 0 heterocycles. The summed E-state index contributed by atoms with van der Waals surface area (Å²) in [6, 6.07) is 21.9. The number of ether oxygens (including phenoxy) is 1. The van der Waals surface area contributed by atoms with E-state index >= 15 is 0 Å². The van der Waals surface area contributed by atoms with Crippen molar-refractivity contribution >= 4 is 11.8 Å². The van der Waals surface area contributed by atoms with Gasteiger partial charge in [-0.3, -0.25) is 9.59 Å². The third kappa shape index (κ3) is 5.35. The number of amides is 2. The van der Waals surface area contributed by atoms with Crippen LogP contribution in [0.2, 0.25) is 0 Å². The molecule has 0 aliphatic heterocycles. The molecular formula is C23H22N2O4. The number of methoxy groups -OCH3 is 1. The highest BCUT2D eigenvalue weighted by Gasteiger charge is 2.09. The minimum absolute atomic E-state index is 0.0353. The van der Waals surface area contributed by atoms with Crippen molar-refractivity contribution < 1.29 is 19.4 Å². The van der Waals surface area contributed by atoms with Crippen LogP contribution >= 0.6 is 0 Å². The van der Waals surface area contributed by atoms with E-state index in [1.54, 1.807) is 24.3 Å². The van der Waals surface area contributed by atoms with Crippen molar-refractivity contribution in [2.24, 2.45) is 0 Å². The molecule has 0 radical (unpaired) electrons. The molecule has 0 bridgehead atoms. The van der Waals surface area contributed by atoms with E-state index < -0.39 is 0 Å². The molecule has 0 aliphatic carbocycles. The fourth-order valence-electron chi connectivity index (χ4n) is 2.80. The second kappa shape index (κ2) is 9.41. The first-order valence-electron chi connectivity index (χ1n) is 9.13. The van der Waals surface area contributed by atoms with Crippen LogP contribution in [0, 0.1) is 0 Å². The summed E-state index contributed by atoms with van der Waals surface area (Å²) >= 11 is 0. The zero-order valence-electron chi connectivity index (χ0n) is 16.0. The Kier molecular flexibility index (Phi) is 6.47. The fraction of sp³-hybridized carbons (Fsp3) is 0.130. The van der Waals surface area contributed by atoms with Crippen molar-refractivity contribution in [1.82, 2.24) is 10.6 Å². The second-order valence-corrected chi connectivity index (χ2v) is 6.41. The third-order valence-corrected chi connectivity index (χ3v) is 4.40. The molecule has 0 aromatic heterocycles. The molecule has 0 saturated carbocycles. The molecule has 29 heavy (non-hydrogen) atoms. The summed E-state index contributed by atoms with van der Waals surface area (Å²) in [4.78, 5) is 24.3. The number of nitrogens with one attached hydrogen (secondary N) is 2. The highest BCUT2D eigenvalue weighted by Crippen LogP contribution is 2.26. The van der Waals surface area contributed by atoms with Gasteiger partial charge in [-0.15, -0.1) is 0 Å². The van der Waals surface area contributed by atoms with Crippen molar-refractivity contribution in [2.45, 2.75) is 6.54 Å². The molecule has 0 saturated heterocycles. The first-order valence-corrected chi connectivity index (χ1v) is 9.13. The molecule has 3 rings (SSSR count). The predicted octanol–water partition coefficient (Wildman–Crippen LogP) is 3.11. The van der Waals surface area contributed by atoms with Crippen molar-refractivity contribution in [2.75, 3.05) is 13.7 Å². The van der Waals surface area contributed by atoms with Gasteiger partial charge in [-0.1, -0.05) is 48.5 Å². The highest BCUT2D eigenvalue weighted by molar-refractivity contribution is 5.96.